The molecule has 1 aliphatic rings. The van der Waals surface area contributed by atoms with Crippen LogP contribution in [0.5, 0.6) is 11.5 Å². The van der Waals surface area contributed by atoms with Gasteiger partial charge in [-0.1, -0.05) is 48.5 Å². The monoisotopic (exact) mass is 657 g/mol. The summed E-state index contributed by atoms with van der Waals surface area (Å²) < 4.78 is 25.8. The van der Waals surface area contributed by atoms with Gasteiger partial charge in [0.2, 0.25) is 0 Å². The summed E-state index contributed by atoms with van der Waals surface area (Å²) in [5, 5.41) is 2.45. The van der Waals surface area contributed by atoms with Crippen molar-refractivity contribution in [2.45, 2.75) is 6.92 Å². The number of ether oxygens (including phenoxy) is 2. The largest absolute Gasteiger partial charge is 0.490 e. The summed E-state index contributed by atoms with van der Waals surface area (Å²) in [5.74, 6) is -2.36. The normalized spacial score (nSPS) is 13.2. The number of amides is 5. The number of nitrogens with one attached hydrogen (secondary N) is 1. The zero-order chi connectivity index (χ0) is 31.2. The van der Waals surface area contributed by atoms with Crippen LogP contribution in [0.25, 0.3) is 6.08 Å². The van der Waals surface area contributed by atoms with Crippen LogP contribution in [0.2, 0.25) is 0 Å². The van der Waals surface area contributed by atoms with Gasteiger partial charge in [-0.3, -0.25) is 14.4 Å². The van der Waals surface area contributed by atoms with Crippen LogP contribution < -0.4 is 24.6 Å². The molecule has 1 heterocycles. The first-order valence-corrected chi connectivity index (χ1v) is 14.3. The highest BCUT2D eigenvalue weighted by Crippen LogP contribution is 2.38. The molecule has 1 aliphatic heterocycles. The lowest BCUT2D eigenvalue weighted by atomic mass is 10.0. The van der Waals surface area contributed by atoms with Crippen molar-refractivity contribution in [2.75, 3.05) is 28.3 Å². The van der Waals surface area contributed by atoms with Crippen molar-refractivity contribution in [2.24, 2.45) is 0 Å². The molecule has 9 nitrogen and oxygen atoms in total. The van der Waals surface area contributed by atoms with Crippen LogP contribution in [0.15, 0.2) is 107 Å². The fraction of sp³-hybridized carbons (Fsp3) is 0.0909. The van der Waals surface area contributed by atoms with E-state index in [-0.39, 0.29) is 29.4 Å². The molecule has 11 heteroatoms. The van der Waals surface area contributed by atoms with Crippen molar-refractivity contribution in [1.82, 2.24) is 0 Å². The van der Waals surface area contributed by atoms with E-state index in [0.717, 1.165) is 9.80 Å². The van der Waals surface area contributed by atoms with Crippen LogP contribution in [0.3, 0.4) is 0 Å². The highest BCUT2D eigenvalue weighted by Gasteiger charge is 2.43. The Morgan fingerprint density at radius 1 is 0.841 bits per heavy atom. The number of carbonyl (C=O) groups is 4. The number of para-hydroxylation sites is 3. The van der Waals surface area contributed by atoms with Crippen LogP contribution in [0.4, 0.5) is 26.2 Å². The molecule has 5 rings (SSSR count). The molecule has 4 aromatic rings. The van der Waals surface area contributed by atoms with Crippen molar-refractivity contribution in [3.8, 4) is 11.5 Å². The van der Waals surface area contributed by atoms with Crippen LogP contribution in [0, 0.1) is 5.82 Å². The number of barbiturate groups is 1. The molecule has 4 aromatic carbocycles. The van der Waals surface area contributed by atoms with Gasteiger partial charge >= 0.3 is 6.03 Å². The average molecular weight is 658 g/mol. The second-order valence-electron chi connectivity index (χ2n) is 9.37. The van der Waals surface area contributed by atoms with Crippen molar-refractivity contribution in [3.63, 3.8) is 0 Å². The standard InChI is InChI=1S/C33H25BrFN3O6/c1-2-43-28-19-21(18-25(34)30(28)44-20-29(39)36-27-16-10-9-15-26(27)35)17-24-31(40)37(22-11-5-3-6-12-22)33(42)38(32(24)41)23-13-7-4-8-14-23/h3-19H,2,20H2,1H3,(H,36,39). The Balaban J connectivity index is 1.48. The number of carbonyl (C=O) groups excluding carboxylic acids is 4. The molecule has 1 N–H and O–H groups in total. The summed E-state index contributed by atoms with van der Waals surface area (Å²) in [7, 11) is 0. The molecule has 0 radical (unpaired) electrons. The lowest BCUT2D eigenvalue weighted by Gasteiger charge is -2.34. The Labute approximate surface area is 260 Å². The zero-order valence-corrected chi connectivity index (χ0v) is 24.9. The van der Waals surface area contributed by atoms with E-state index in [2.05, 4.69) is 21.2 Å². The molecule has 222 valence electrons. The first kappa shape index (κ1) is 30.2. The summed E-state index contributed by atoms with van der Waals surface area (Å²) in [5.41, 5.74) is 0.743. The topological polar surface area (TPSA) is 105 Å². The van der Waals surface area contributed by atoms with Crippen LogP contribution >= 0.6 is 15.9 Å². The van der Waals surface area contributed by atoms with Gasteiger partial charge in [-0.2, -0.15) is 0 Å². The summed E-state index contributed by atoms with van der Waals surface area (Å²) in [6.45, 7) is 1.54. The number of hydrogen-bond acceptors (Lipinski definition) is 6. The molecule has 1 saturated heterocycles. The van der Waals surface area contributed by atoms with Crippen molar-refractivity contribution in [3.05, 3.63) is 118 Å². The predicted octanol–water partition coefficient (Wildman–Crippen LogP) is 6.59. The number of halogens is 2. The molecular formula is C33H25BrFN3O6. The minimum Gasteiger partial charge on any atom is -0.490 e. The van der Waals surface area contributed by atoms with E-state index < -0.39 is 36.2 Å². The maximum atomic E-state index is 13.9. The lowest BCUT2D eigenvalue weighted by molar-refractivity contribution is -0.121. The fourth-order valence-corrected chi connectivity index (χ4v) is 5.04. The Morgan fingerprint density at radius 3 is 1.98 bits per heavy atom. The molecule has 44 heavy (non-hydrogen) atoms. The van der Waals surface area contributed by atoms with Crippen LogP contribution in [-0.4, -0.2) is 37.0 Å². The summed E-state index contributed by atoms with van der Waals surface area (Å²) >= 11 is 3.43. The molecule has 1 fully saturated rings. The summed E-state index contributed by atoms with van der Waals surface area (Å²) in [6, 6.07) is 24.7. The van der Waals surface area contributed by atoms with Gasteiger partial charge in [0.15, 0.2) is 18.1 Å². The second kappa shape index (κ2) is 13.3. The Kier molecular flexibility index (Phi) is 9.15. The number of imide groups is 2. The van der Waals surface area contributed by atoms with Gasteiger partial charge in [0.1, 0.15) is 11.4 Å². The SMILES string of the molecule is CCOc1cc(C=C2C(=O)N(c3ccccc3)C(=O)N(c3ccccc3)C2=O)cc(Br)c1OCC(=O)Nc1ccccc1F. The smallest absolute Gasteiger partial charge is 0.343 e. The number of hydrogen-bond donors (Lipinski definition) is 1. The minimum atomic E-state index is -0.803. The van der Waals surface area contributed by atoms with E-state index in [1.165, 1.54) is 24.3 Å². The van der Waals surface area contributed by atoms with E-state index in [1.807, 2.05) is 0 Å². The number of anilines is 3. The lowest BCUT2D eigenvalue weighted by Crippen LogP contribution is -2.57. The van der Waals surface area contributed by atoms with Gasteiger partial charge in [-0.15, -0.1) is 0 Å². The van der Waals surface area contributed by atoms with Gasteiger partial charge in [-0.05, 0) is 83.0 Å². The summed E-state index contributed by atoms with van der Waals surface area (Å²) in [6.07, 6.45) is 1.37. The zero-order valence-electron chi connectivity index (χ0n) is 23.3. The molecule has 0 atom stereocenters. The molecule has 0 spiro atoms. The highest BCUT2D eigenvalue weighted by molar-refractivity contribution is 9.10. The first-order chi connectivity index (χ1) is 21.3. The van der Waals surface area contributed by atoms with Crippen molar-refractivity contribution in [1.29, 1.82) is 0 Å². The highest BCUT2D eigenvalue weighted by atomic mass is 79.9. The molecule has 5 amide bonds. The van der Waals surface area contributed by atoms with Gasteiger partial charge in [0.25, 0.3) is 17.7 Å². The third-order valence-electron chi connectivity index (χ3n) is 6.42. The second-order valence-corrected chi connectivity index (χ2v) is 10.2. The van der Waals surface area contributed by atoms with Gasteiger partial charge in [-0.25, -0.2) is 19.0 Å². The fourth-order valence-electron chi connectivity index (χ4n) is 4.47. The van der Waals surface area contributed by atoms with Crippen molar-refractivity contribution >= 4 is 62.8 Å². The Bertz CT molecular complexity index is 1700. The van der Waals surface area contributed by atoms with E-state index in [1.54, 1.807) is 85.8 Å². The Hall–Kier alpha value is -5.29. The third kappa shape index (κ3) is 6.37. The molecule has 0 aliphatic carbocycles. The molecule has 0 saturated carbocycles. The Morgan fingerprint density at radius 2 is 1.41 bits per heavy atom. The van der Waals surface area contributed by atoms with Crippen LogP contribution in [-0.2, 0) is 14.4 Å². The number of benzene rings is 4. The van der Waals surface area contributed by atoms with Gasteiger partial charge in [0, 0.05) is 0 Å². The molecular weight excluding hydrogens is 633 g/mol. The molecule has 0 bridgehead atoms. The summed E-state index contributed by atoms with van der Waals surface area (Å²) in [4.78, 5) is 55.3. The van der Waals surface area contributed by atoms with E-state index in [4.69, 9.17) is 9.47 Å². The molecule has 0 unspecified atom stereocenters. The van der Waals surface area contributed by atoms with E-state index in [9.17, 15) is 23.6 Å². The number of nitrogens with zero attached hydrogens (tertiary/aromatic N) is 2. The maximum Gasteiger partial charge on any atom is 0.343 e. The van der Waals surface area contributed by atoms with Gasteiger partial charge < -0.3 is 14.8 Å². The number of urea groups is 1. The van der Waals surface area contributed by atoms with Crippen LogP contribution in [0.1, 0.15) is 12.5 Å². The predicted molar refractivity (Wildman–Crippen MR) is 167 cm³/mol. The number of rotatable bonds is 9. The average Bonchev–Trinajstić information content (AvgIpc) is 3.01. The first-order valence-electron chi connectivity index (χ1n) is 13.5. The van der Waals surface area contributed by atoms with E-state index >= 15 is 0 Å². The quantitative estimate of drug-likeness (QED) is 0.161. The van der Waals surface area contributed by atoms with Gasteiger partial charge in [0.05, 0.1) is 28.1 Å². The van der Waals surface area contributed by atoms with E-state index in [0.29, 0.717) is 21.4 Å². The molecule has 0 aromatic heterocycles. The maximum absolute atomic E-state index is 13.9. The minimum absolute atomic E-state index is 0.0153. The van der Waals surface area contributed by atoms with Crippen molar-refractivity contribution < 1.29 is 33.0 Å². The third-order valence-corrected chi connectivity index (χ3v) is 7.01.